The second kappa shape index (κ2) is 8.09. The summed E-state index contributed by atoms with van der Waals surface area (Å²) in [6.45, 7) is 1.54. The minimum absolute atomic E-state index is 0.00953. The highest BCUT2D eigenvalue weighted by atomic mass is 16.5. The van der Waals surface area contributed by atoms with E-state index in [0.717, 1.165) is 5.56 Å². The number of hydrogen-bond donors (Lipinski definition) is 2. The molecule has 138 valence electrons. The Morgan fingerprint density at radius 2 is 2.04 bits per heavy atom. The van der Waals surface area contributed by atoms with Gasteiger partial charge in [-0.3, -0.25) is 4.79 Å². The zero-order valence-electron chi connectivity index (χ0n) is 14.8. The molecule has 3 aromatic rings. The van der Waals surface area contributed by atoms with Gasteiger partial charge in [0.2, 0.25) is 5.82 Å². The molecule has 3 rings (SSSR count). The number of aromatic hydroxyl groups is 1. The largest absolute Gasteiger partial charge is 0.507 e. The molecule has 0 aliphatic rings. The Hall–Kier alpha value is -3.75. The third kappa shape index (κ3) is 4.46. The van der Waals surface area contributed by atoms with Crippen LogP contribution in [0, 0.1) is 0 Å². The first kappa shape index (κ1) is 18.1. The first-order valence-electron chi connectivity index (χ1n) is 8.10. The maximum atomic E-state index is 12.1. The predicted molar refractivity (Wildman–Crippen MR) is 98.3 cm³/mol. The molecule has 1 aromatic heterocycles. The SMILES string of the molecule is COc1ccc(/C(C)=N/NC(=O)Cn2nnc(-c3ccccc3)n2)c(O)c1. The van der Waals surface area contributed by atoms with Crippen molar-refractivity contribution in [3.8, 4) is 22.9 Å². The van der Waals surface area contributed by atoms with Crippen molar-refractivity contribution in [3.63, 3.8) is 0 Å². The molecule has 0 aliphatic carbocycles. The third-order valence-electron chi connectivity index (χ3n) is 3.71. The molecule has 1 heterocycles. The number of rotatable bonds is 6. The zero-order chi connectivity index (χ0) is 19.2. The summed E-state index contributed by atoms with van der Waals surface area (Å²) >= 11 is 0. The second-order valence-corrected chi connectivity index (χ2v) is 5.62. The van der Waals surface area contributed by atoms with Crippen molar-refractivity contribution < 1.29 is 14.6 Å². The number of ether oxygens (including phenoxy) is 1. The van der Waals surface area contributed by atoms with E-state index in [4.69, 9.17) is 4.74 Å². The average Bonchev–Trinajstić information content (AvgIpc) is 3.15. The van der Waals surface area contributed by atoms with Crippen LogP contribution in [0.15, 0.2) is 53.6 Å². The maximum absolute atomic E-state index is 12.1. The van der Waals surface area contributed by atoms with E-state index in [9.17, 15) is 9.90 Å². The predicted octanol–water partition coefficient (Wildman–Crippen LogP) is 1.59. The second-order valence-electron chi connectivity index (χ2n) is 5.62. The molecule has 2 N–H and O–H groups in total. The van der Waals surface area contributed by atoms with Crippen molar-refractivity contribution >= 4 is 11.6 Å². The minimum Gasteiger partial charge on any atom is -0.507 e. The van der Waals surface area contributed by atoms with Crippen LogP contribution in [0.25, 0.3) is 11.4 Å². The molecule has 9 nitrogen and oxygen atoms in total. The Morgan fingerprint density at radius 3 is 2.74 bits per heavy atom. The van der Waals surface area contributed by atoms with Gasteiger partial charge in [0.1, 0.15) is 18.0 Å². The number of aromatic nitrogens is 4. The van der Waals surface area contributed by atoms with Crippen molar-refractivity contribution in [2.45, 2.75) is 13.5 Å². The van der Waals surface area contributed by atoms with Crippen molar-refractivity contribution in [2.24, 2.45) is 5.10 Å². The number of tetrazole rings is 1. The van der Waals surface area contributed by atoms with Crippen molar-refractivity contribution in [2.75, 3.05) is 7.11 Å². The number of amides is 1. The Kier molecular flexibility index (Phi) is 5.41. The zero-order valence-corrected chi connectivity index (χ0v) is 14.8. The van der Waals surface area contributed by atoms with E-state index in [2.05, 4.69) is 25.9 Å². The summed E-state index contributed by atoms with van der Waals surface area (Å²) in [6.07, 6.45) is 0. The van der Waals surface area contributed by atoms with E-state index >= 15 is 0 Å². The molecule has 0 saturated heterocycles. The minimum atomic E-state index is -0.417. The Morgan fingerprint density at radius 1 is 1.26 bits per heavy atom. The normalized spacial score (nSPS) is 11.3. The molecular formula is C18H18N6O3. The molecule has 2 aromatic carbocycles. The number of carbonyl (C=O) groups excluding carboxylic acids is 1. The quantitative estimate of drug-likeness (QED) is 0.506. The number of benzene rings is 2. The fourth-order valence-corrected chi connectivity index (χ4v) is 2.33. The summed E-state index contributed by atoms with van der Waals surface area (Å²) in [4.78, 5) is 13.2. The van der Waals surface area contributed by atoms with Crippen LogP contribution in [0.3, 0.4) is 0 Å². The first-order chi connectivity index (χ1) is 13.1. The van der Waals surface area contributed by atoms with E-state index in [1.165, 1.54) is 18.0 Å². The highest BCUT2D eigenvalue weighted by molar-refractivity contribution is 6.01. The molecular weight excluding hydrogens is 348 g/mol. The van der Waals surface area contributed by atoms with Gasteiger partial charge >= 0.3 is 0 Å². The maximum Gasteiger partial charge on any atom is 0.263 e. The molecule has 0 radical (unpaired) electrons. The van der Waals surface area contributed by atoms with Crippen LogP contribution in [0.5, 0.6) is 11.5 Å². The van der Waals surface area contributed by atoms with Gasteiger partial charge in [0.15, 0.2) is 0 Å². The van der Waals surface area contributed by atoms with E-state index in [-0.39, 0.29) is 12.3 Å². The molecule has 0 saturated carbocycles. The molecule has 0 aliphatic heterocycles. The van der Waals surface area contributed by atoms with Gasteiger partial charge in [-0.25, -0.2) is 5.43 Å². The number of methoxy groups -OCH3 is 1. The van der Waals surface area contributed by atoms with Gasteiger partial charge in [-0.2, -0.15) is 9.90 Å². The van der Waals surface area contributed by atoms with Gasteiger partial charge in [0.05, 0.1) is 12.8 Å². The van der Waals surface area contributed by atoms with Crippen LogP contribution in [0.4, 0.5) is 0 Å². The number of nitrogens with zero attached hydrogens (tertiary/aromatic N) is 5. The fraction of sp³-hybridized carbons (Fsp3) is 0.167. The Bertz CT molecular complexity index is 968. The summed E-state index contributed by atoms with van der Waals surface area (Å²) in [5.74, 6) is 0.556. The van der Waals surface area contributed by atoms with E-state index in [0.29, 0.717) is 22.8 Å². The van der Waals surface area contributed by atoms with E-state index in [1.807, 2.05) is 30.3 Å². The van der Waals surface area contributed by atoms with Crippen LogP contribution in [0.2, 0.25) is 0 Å². The lowest BCUT2D eigenvalue weighted by molar-refractivity contribution is -0.122. The van der Waals surface area contributed by atoms with Crippen molar-refractivity contribution in [1.82, 2.24) is 25.6 Å². The number of hydrazone groups is 1. The Balaban J connectivity index is 1.62. The summed E-state index contributed by atoms with van der Waals surface area (Å²) in [7, 11) is 1.51. The lowest BCUT2D eigenvalue weighted by Crippen LogP contribution is -2.25. The molecule has 0 fully saturated rings. The molecule has 1 amide bonds. The molecule has 0 spiro atoms. The molecule has 0 bridgehead atoms. The van der Waals surface area contributed by atoms with Crippen LogP contribution < -0.4 is 10.2 Å². The van der Waals surface area contributed by atoms with Gasteiger partial charge in [0, 0.05) is 17.2 Å². The van der Waals surface area contributed by atoms with Crippen LogP contribution in [-0.2, 0) is 11.3 Å². The van der Waals surface area contributed by atoms with Crippen molar-refractivity contribution in [1.29, 1.82) is 0 Å². The highest BCUT2D eigenvalue weighted by Crippen LogP contribution is 2.23. The third-order valence-corrected chi connectivity index (χ3v) is 3.71. The van der Waals surface area contributed by atoms with Gasteiger partial charge in [-0.1, -0.05) is 30.3 Å². The van der Waals surface area contributed by atoms with Crippen LogP contribution in [0.1, 0.15) is 12.5 Å². The monoisotopic (exact) mass is 366 g/mol. The highest BCUT2D eigenvalue weighted by Gasteiger charge is 2.10. The summed E-state index contributed by atoms with van der Waals surface area (Å²) in [6, 6.07) is 14.2. The smallest absolute Gasteiger partial charge is 0.263 e. The molecule has 0 atom stereocenters. The number of phenols is 1. The summed E-state index contributed by atoms with van der Waals surface area (Å²) < 4.78 is 5.04. The average molecular weight is 366 g/mol. The van der Waals surface area contributed by atoms with Gasteiger partial charge in [-0.15, -0.1) is 10.2 Å². The standard InChI is InChI=1S/C18H18N6O3/c1-12(15-9-8-14(27-2)10-16(15)25)19-20-17(26)11-24-22-18(21-23-24)13-6-4-3-5-7-13/h3-10,25H,11H2,1-2H3,(H,20,26)/b19-12+. The van der Waals surface area contributed by atoms with E-state index < -0.39 is 5.91 Å². The van der Waals surface area contributed by atoms with Crippen LogP contribution >= 0.6 is 0 Å². The number of phenolic OH excluding ortho intramolecular Hbond substituents is 1. The molecule has 0 unspecified atom stereocenters. The first-order valence-corrected chi connectivity index (χ1v) is 8.10. The number of nitrogens with one attached hydrogen (secondary N) is 1. The summed E-state index contributed by atoms with van der Waals surface area (Å²) in [5, 5.41) is 26.0. The van der Waals surface area contributed by atoms with Gasteiger partial charge < -0.3 is 9.84 Å². The topological polar surface area (TPSA) is 115 Å². The number of carbonyl (C=O) groups is 1. The lowest BCUT2D eigenvalue weighted by Gasteiger charge is -2.07. The van der Waals surface area contributed by atoms with Gasteiger partial charge in [0.25, 0.3) is 5.91 Å². The van der Waals surface area contributed by atoms with Gasteiger partial charge in [-0.05, 0) is 24.3 Å². The van der Waals surface area contributed by atoms with Crippen molar-refractivity contribution in [3.05, 3.63) is 54.1 Å². The summed E-state index contributed by atoms with van der Waals surface area (Å²) in [5.41, 5.74) is 4.16. The molecule has 27 heavy (non-hydrogen) atoms. The fourth-order valence-electron chi connectivity index (χ4n) is 2.33. The lowest BCUT2D eigenvalue weighted by atomic mass is 10.1. The number of hydrogen-bond acceptors (Lipinski definition) is 7. The Labute approximate surface area is 155 Å². The molecule has 9 heteroatoms. The van der Waals surface area contributed by atoms with Crippen LogP contribution in [-0.4, -0.2) is 44.0 Å². The van der Waals surface area contributed by atoms with E-state index in [1.54, 1.807) is 19.1 Å².